The van der Waals surface area contributed by atoms with Crippen molar-refractivity contribution in [2.45, 2.75) is 76.9 Å². The molecule has 0 bridgehead atoms. The van der Waals surface area contributed by atoms with Gasteiger partial charge in [-0.2, -0.15) is 0 Å². The number of carbonyl (C=O) groups is 2. The van der Waals surface area contributed by atoms with Crippen molar-refractivity contribution in [2.75, 3.05) is 10.8 Å². The van der Waals surface area contributed by atoms with E-state index >= 15 is 0 Å². The van der Waals surface area contributed by atoms with Crippen molar-refractivity contribution in [3.8, 4) is 0 Å². The van der Waals surface area contributed by atoms with Crippen LogP contribution in [0.3, 0.4) is 0 Å². The van der Waals surface area contributed by atoms with Crippen LogP contribution in [0.5, 0.6) is 0 Å². The van der Waals surface area contributed by atoms with Gasteiger partial charge in [0.15, 0.2) is 0 Å². The highest BCUT2D eigenvalue weighted by atomic mass is 35.5. The summed E-state index contributed by atoms with van der Waals surface area (Å²) in [6.07, 6.45) is 3.97. The molecule has 41 heavy (non-hydrogen) atoms. The molecule has 0 aliphatic heterocycles. The Balaban J connectivity index is 1.72. The largest absolute Gasteiger partial charge is 0.352 e. The second-order valence-corrected chi connectivity index (χ2v) is 13.2. The number of rotatable bonds is 10. The third-order valence-corrected chi connectivity index (χ3v) is 9.64. The van der Waals surface area contributed by atoms with E-state index in [9.17, 15) is 18.0 Å². The van der Waals surface area contributed by atoms with Crippen LogP contribution in [0.15, 0.2) is 71.6 Å². The highest BCUT2D eigenvalue weighted by Crippen LogP contribution is 2.30. The average molecular weight is 596 g/mol. The predicted molar refractivity (Wildman–Crippen MR) is 163 cm³/mol. The van der Waals surface area contributed by atoms with Crippen LogP contribution in [0.2, 0.25) is 5.02 Å². The minimum absolute atomic E-state index is 0.0625. The summed E-state index contributed by atoms with van der Waals surface area (Å²) in [6.45, 7) is 6.97. The van der Waals surface area contributed by atoms with E-state index in [1.165, 1.54) is 17.0 Å². The number of hydrogen-bond acceptors (Lipinski definition) is 4. The molecule has 1 unspecified atom stereocenters. The molecule has 0 heterocycles. The van der Waals surface area contributed by atoms with Crippen molar-refractivity contribution in [3.63, 3.8) is 0 Å². The molecule has 1 saturated carbocycles. The van der Waals surface area contributed by atoms with Crippen molar-refractivity contribution in [1.29, 1.82) is 0 Å². The van der Waals surface area contributed by atoms with Crippen LogP contribution in [-0.2, 0) is 26.2 Å². The van der Waals surface area contributed by atoms with E-state index in [0.29, 0.717) is 16.3 Å². The lowest BCUT2D eigenvalue weighted by Gasteiger charge is -2.33. The van der Waals surface area contributed by atoms with Crippen molar-refractivity contribution in [3.05, 3.63) is 94.0 Å². The molecule has 0 saturated heterocycles. The molecule has 3 aromatic carbocycles. The zero-order valence-corrected chi connectivity index (χ0v) is 25.6. The Morgan fingerprint density at radius 3 is 2.29 bits per heavy atom. The van der Waals surface area contributed by atoms with Crippen molar-refractivity contribution in [1.82, 2.24) is 10.2 Å². The van der Waals surface area contributed by atoms with Crippen LogP contribution in [0.1, 0.15) is 54.9 Å². The fourth-order valence-corrected chi connectivity index (χ4v) is 6.82. The first kappa shape index (κ1) is 30.6. The monoisotopic (exact) mass is 595 g/mol. The van der Waals surface area contributed by atoms with Crippen molar-refractivity contribution < 1.29 is 18.0 Å². The minimum Gasteiger partial charge on any atom is -0.352 e. The average Bonchev–Trinajstić information content (AvgIpc) is 3.44. The quantitative estimate of drug-likeness (QED) is 0.314. The van der Waals surface area contributed by atoms with Gasteiger partial charge in [0.25, 0.3) is 10.0 Å². The standard InChI is InChI=1S/C32H38ClN3O4S/c1-22-12-16-29(17-13-22)41(39,40)36(30-19-27(33)15-14-24(30)3)21-31(37)35(20-26-9-7-8-23(2)18-26)25(4)32(38)34-28-10-5-6-11-28/h7-9,12-19,25,28H,5-6,10-11,20-21H2,1-4H3,(H,34,38). The summed E-state index contributed by atoms with van der Waals surface area (Å²) >= 11 is 6.30. The molecule has 218 valence electrons. The van der Waals surface area contributed by atoms with Crippen molar-refractivity contribution >= 4 is 39.1 Å². The Morgan fingerprint density at radius 1 is 0.951 bits per heavy atom. The summed E-state index contributed by atoms with van der Waals surface area (Å²) in [5.74, 6) is -0.736. The molecule has 0 aromatic heterocycles. The van der Waals surface area contributed by atoms with Gasteiger partial charge in [-0.05, 0) is 75.9 Å². The first-order chi connectivity index (χ1) is 19.5. The molecule has 4 rings (SSSR count). The molecule has 1 fully saturated rings. The van der Waals surface area contributed by atoms with E-state index < -0.39 is 28.5 Å². The molecular weight excluding hydrogens is 558 g/mol. The zero-order chi connectivity index (χ0) is 29.7. The van der Waals surface area contributed by atoms with Gasteiger partial charge in [0.05, 0.1) is 10.6 Å². The zero-order valence-electron chi connectivity index (χ0n) is 24.1. The number of nitrogens with zero attached hydrogens (tertiary/aromatic N) is 2. The Bertz CT molecular complexity index is 1500. The number of anilines is 1. The predicted octanol–water partition coefficient (Wildman–Crippen LogP) is 5.94. The Labute approximate surface area is 248 Å². The topological polar surface area (TPSA) is 86.8 Å². The third-order valence-electron chi connectivity index (χ3n) is 7.63. The molecule has 1 aliphatic carbocycles. The van der Waals surface area contributed by atoms with Crippen LogP contribution in [0.4, 0.5) is 5.69 Å². The molecule has 2 amide bonds. The summed E-state index contributed by atoms with van der Waals surface area (Å²) in [5, 5.41) is 3.44. The van der Waals surface area contributed by atoms with Gasteiger partial charge in [-0.15, -0.1) is 0 Å². The van der Waals surface area contributed by atoms with E-state index in [0.717, 1.165) is 46.7 Å². The van der Waals surface area contributed by atoms with Crippen LogP contribution in [0, 0.1) is 20.8 Å². The Kier molecular flexibility index (Phi) is 9.76. The summed E-state index contributed by atoms with van der Waals surface area (Å²) in [4.78, 5) is 29.0. The lowest BCUT2D eigenvalue weighted by atomic mass is 10.1. The highest BCUT2D eigenvalue weighted by Gasteiger charge is 2.34. The lowest BCUT2D eigenvalue weighted by molar-refractivity contribution is -0.139. The number of hydrogen-bond donors (Lipinski definition) is 1. The van der Waals surface area contributed by atoms with E-state index in [2.05, 4.69) is 5.32 Å². The number of amides is 2. The number of halogens is 1. The number of sulfonamides is 1. The van der Waals surface area contributed by atoms with Crippen LogP contribution in [0.25, 0.3) is 0 Å². The van der Waals surface area contributed by atoms with Gasteiger partial charge < -0.3 is 10.2 Å². The molecule has 0 spiro atoms. The second kappa shape index (κ2) is 13.1. The fourth-order valence-electron chi connectivity index (χ4n) is 5.18. The van der Waals surface area contributed by atoms with Crippen LogP contribution in [-0.4, -0.2) is 43.8 Å². The van der Waals surface area contributed by atoms with Gasteiger partial charge in [0.1, 0.15) is 12.6 Å². The molecule has 7 nitrogen and oxygen atoms in total. The molecule has 1 aliphatic rings. The molecule has 0 radical (unpaired) electrons. The normalized spacial score (nSPS) is 14.5. The maximum absolute atomic E-state index is 14.1. The smallest absolute Gasteiger partial charge is 0.264 e. The van der Waals surface area contributed by atoms with E-state index in [-0.39, 0.29) is 23.4 Å². The van der Waals surface area contributed by atoms with Gasteiger partial charge in [-0.25, -0.2) is 8.42 Å². The van der Waals surface area contributed by atoms with E-state index in [1.54, 1.807) is 44.2 Å². The fraction of sp³-hybridized carbons (Fsp3) is 0.375. The SMILES string of the molecule is Cc1ccc(S(=O)(=O)N(CC(=O)N(Cc2cccc(C)c2)C(C)C(=O)NC2CCCC2)c2cc(Cl)ccc2C)cc1. The molecular formula is C32H38ClN3O4S. The van der Waals surface area contributed by atoms with Gasteiger partial charge in [0, 0.05) is 17.6 Å². The number of aryl methyl sites for hydroxylation is 3. The first-order valence-corrected chi connectivity index (χ1v) is 15.8. The van der Waals surface area contributed by atoms with Gasteiger partial charge >= 0.3 is 0 Å². The van der Waals surface area contributed by atoms with Gasteiger partial charge in [0.2, 0.25) is 11.8 Å². The molecule has 1 N–H and O–H groups in total. The second-order valence-electron chi connectivity index (χ2n) is 10.9. The van der Waals surface area contributed by atoms with E-state index in [4.69, 9.17) is 11.6 Å². The summed E-state index contributed by atoms with van der Waals surface area (Å²) in [6, 6.07) is 18.5. The third kappa shape index (κ3) is 7.49. The molecule has 9 heteroatoms. The summed E-state index contributed by atoms with van der Waals surface area (Å²) in [5.41, 5.74) is 3.75. The Morgan fingerprint density at radius 2 is 1.63 bits per heavy atom. The van der Waals surface area contributed by atoms with E-state index in [1.807, 2.05) is 38.1 Å². The first-order valence-electron chi connectivity index (χ1n) is 14.0. The summed E-state index contributed by atoms with van der Waals surface area (Å²) < 4.78 is 29.2. The van der Waals surface area contributed by atoms with Crippen LogP contribution >= 0.6 is 11.6 Å². The summed E-state index contributed by atoms with van der Waals surface area (Å²) in [7, 11) is -4.16. The molecule has 3 aromatic rings. The molecule has 1 atom stereocenters. The van der Waals surface area contributed by atoms with Gasteiger partial charge in [-0.3, -0.25) is 13.9 Å². The van der Waals surface area contributed by atoms with Gasteiger partial charge in [-0.1, -0.05) is 78.0 Å². The number of benzene rings is 3. The highest BCUT2D eigenvalue weighted by molar-refractivity contribution is 7.92. The maximum atomic E-state index is 14.1. The number of carbonyl (C=O) groups excluding carboxylic acids is 2. The van der Waals surface area contributed by atoms with Crippen LogP contribution < -0.4 is 9.62 Å². The minimum atomic E-state index is -4.16. The Hall–Kier alpha value is -3.36. The number of nitrogens with one attached hydrogen (secondary N) is 1. The van der Waals surface area contributed by atoms with Crippen molar-refractivity contribution in [2.24, 2.45) is 0 Å². The lowest BCUT2D eigenvalue weighted by Crippen LogP contribution is -2.52. The maximum Gasteiger partial charge on any atom is 0.264 e.